The molecule has 1 heterocycles. The van der Waals surface area contributed by atoms with Crippen molar-refractivity contribution >= 4 is 11.5 Å². The Bertz CT molecular complexity index is 526. The molecule has 0 radical (unpaired) electrons. The highest BCUT2D eigenvalue weighted by molar-refractivity contribution is 5.97. The number of rotatable bonds is 6. The fourth-order valence-electron chi connectivity index (χ4n) is 2.14. The summed E-state index contributed by atoms with van der Waals surface area (Å²) in [5.41, 5.74) is 0.131. The fourth-order valence-corrected chi connectivity index (χ4v) is 2.14. The van der Waals surface area contributed by atoms with E-state index in [1.54, 1.807) is 0 Å². The van der Waals surface area contributed by atoms with E-state index in [1.807, 2.05) is 0 Å². The van der Waals surface area contributed by atoms with Gasteiger partial charge in [-0.25, -0.2) is 0 Å². The van der Waals surface area contributed by atoms with Gasteiger partial charge in [-0.15, -0.1) is 0 Å². The molecular formula is C14H18N2O5. The van der Waals surface area contributed by atoms with Crippen molar-refractivity contribution in [3.8, 4) is 5.75 Å². The molecule has 0 saturated carbocycles. The molecule has 0 unspecified atom stereocenters. The SMILES string of the molecule is CC(=O)c1cc([N+](=O)[O-])ccc1OCCN1CCOCC1. The first-order valence-corrected chi connectivity index (χ1v) is 6.80. The van der Waals surface area contributed by atoms with Crippen LogP contribution in [0.3, 0.4) is 0 Å². The number of nitro groups is 1. The number of carbonyl (C=O) groups is 1. The van der Waals surface area contributed by atoms with Crippen LogP contribution in [0.15, 0.2) is 18.2 Å². The van der Waals surface area contributed by atoms with Gasteiger partial charge in [0.1, 0.15) is 12.4 Å². The zero-order valence-corrected chi connectivity index (χ0v) is 11.9. The normalized spacial score (nSPS) is 15.7. The minimum Gasteiger partial charge on any atom is -0.491 e. The van der Waals surface area contributed by atoms with Crippen LogP contribution in [0.4, 0.5) is 5.69 Å². The van der Waals surface area contributed by atoms with Gasteiger partial charge in [-0.2, -0.15) is 0 Å². The Labute approximate surface area is 122 Å². The molecule has 1 aliphatic heterocycles. The van der Waals surface area contributed by atoms with Crippen molar-refractivity contribution in [1.82, 2.24) is 4.90 Å². The predicted octanol–water partition coefficient (Wildman–Crippen LogP) is 1.51. The summed E-state index contributed by atoms with van der Waals surface area (Å²) in [7, 11) is 0. The van der Waals surface area contributed by atoms with Crippen molar-refractivity contribution in [2.45, 2.75) is 6.92 Å². The molecule has 1 aromatic carbocycles. The van der Waals surface area contributed by atoms with E-state index in [4.69, 9.17) is 9.47 Å². The molecule has 7 nitrogen and oxygen atoms in total. The molecule has 7 heteroatoms. The number of benzene rings is 1. The number of nitro benzene ring substituents is 1. The van der Waals surface area contributed by atoms with E-state index >= 15 is 0 Å². The maximum atomic E-state index is 11.6. The number of hydrogen-bond acceptors (Lipinski definition) is 6. The summed E-state index contributed by atoms with van der Waals surface area (Å²) in [6.07, 6.45) is 0. The molecule has 2 rings (SSSR count). The van der Waals surface area contributed by atoms with Gasteiger partial charge < -0.3 is 9.47 Å². The summed E-state index contributed by atoms with van der Waals surface area (Å²) in [6.45, 7) is 5.70. The maximum absolute atomic E-state index is 11.6. The Hall–Kier alpha value is -1.99. The number of non-ortho nitro benzene ring substituents is 1. The Morgan fingerprint density at radius 2 is 2.14 bits per heavy atom. The van der Waals surface area contributed by atoms with Gasteiger partial charge in [-0.05, 0) is 13.0 Å². The molecule has 114 valence electrons. The van der Waals surface area contributed by atoms with E-state index in [0.717, 1.165) is 32.8 Å². The molecule has 0 N–H and O–H groups in total. The first-order chi connectivity index (χ1) is 10.1. The average molecular weight is 294 g/mol. The number of morpholine rings is 1. The molecule has 0 atom stereocenters. The van der Waals surface area contributed by atoms with E-state index in [1.165, 1.54) is 25.1 Å². The van der Waals surface area contributed by atoms with E-state index in [9.17, 15) is 14.9 Å². The van der Waals surface area contributed by atoms with Crippen LogP contribution in [0.5, 0.6) is 5.75 Å². The third-order valence-corrected chi connectivity index (χ3v) is 3.32. The quantitative estimate of drug-likeness (QED) is 0.449. The van der Waals surface area contributed by atoms with Crippen molar-refractivity contribution in [3.63, 3.8) is 0 Å². The summed E-state index contributed by atoms with van der Waals surface area (Å²) in [5, 5.41) is 10.7. The van der Waals surface area contributed by atoms with E-state index < -0.39 is 4.92 Å². The van der Waals surface area contributed by atoms with Crippen LogP contribution in [-0.4, -0.2) is 55.1 Å². The van der Waals surface area contributed by atoms with Crippen LogP contribution in [0.1, 0.15) is 17.3 Å². The summed E-state index contributed by atoms with van der Waals surface area (Å²) >= 11 is 0. The van der Waals surface area contributed by atoms with E-state index in [0.29, 0.717) is 12.4 Å². The second-order valence-electron chi connectivity index (χ2n) is 4.80. The summed E-state index contributed by atoms with van der Waals surface area (Å²) < 4.78 is 10.9. The molecule has 1 fully saturated rings. The van der Waals surface area contributed by atoms with Gasteiger partial charge >= 0.3 is 0 Å². The molecule has 0 aliphatic carbocycles. The molecule has 1 aromatic rings. The zero-order valence-electron chi connectivity index (χ0n) is 11.9. The van der Waals surface area contributed by atoms with Crippen LogP contribution in [0.25, 0.3) is 0 Å². The maximum Gasteiger partial charge on any atom is 0.270 e. The standard InChI is InChI=1S/C14H18N2O5/c1-11(17)13-10-12(16(18)19)2-3-14(13)21-9-6-15-4-7-20-8-5-15/h2-3,10H,4-9H2,1H3. The number of Topliss-reactive ketones (excluding diaryl/α,β-unsaturated/α-hetero) is 1. The monoisotopic (exact) mass is 294 g/mol. The second kappa shape index (κ2) is 7.14. The highest BCUT2D eigenvalue weighted by Gasteiger charge is 2.16. The van der Waals surface area contributed by atoms with Crippen LogP contribution >= 0.6 is 0 Å². The predicted molar refractivity (Wildman–Crippen MR) is 75.9 cm³/mol. The highest BCUT2D eigenvalue weighted by atomic mass is 16.6. The van der Waals surface area contributed by atoms with Crippen LogP contribution in [-0.2, 0) is 4.74 Å². The molecule has 0 spiro atoms. The minimum absolute atomic E-state index is 0.110. The molecule has 1 aliphatic rings. The largest absolute Gasteiger partial charge is 0.491 e. The van der Waals surface area contributed by atoms with Crippen molar-refractivity contribution in [1.29, 1.82) is 0 Å². The van der Waals surface area contributed by atoms with Crippen LogP contribution in [0.2, 0.25) is 0 Å². The molecular weight excluding hydrogens is 276 g/mol. The van der Waals surface area contributed by atoms with Gasteiger partial charge in [0.2, 0.25) is 0 Å². The number of ketones is 1. The summed E-state index contributed by atoms with van der Waals surface area (Å²) in [5.74, 6) is 0.140. The molecule has 0 aromatic heterocycles. The second-order valence-corrected chi connectivity index (χ2v) is 4.80. The van der Waals surface area contributed by atoms with Gasteiger partial charge in [-0.1, -0.05) is 0 Å². The van der Waals surface area contributed by atoms with Crippen LogP contribution < -0.4 is 4.74 Å². The first kappa shape index (κ1) is 15.4. The van der Waals surface area contributed by atoms with Crippen LogP contribution in [0, 0.1) is 10.1 Å². The molecule has 0 bridgehead atoms. The number of carbonyl (C=O) groups excluding carboxylic acids is 1. The smallest absolute Gasteiger partial charge is 0.270 e. The van der Waals surface area contributed by atoms with Crippen molar-refractivity contribution in [3.05, 3.63) is 33.9 Å². The summed E-state index contributed by atoms with van der Waals surface area (Å²) in [4.78, 5) is 24.0. The van der Waals surface area contributed by atoms with Gasteiger partial charge in [0, 0.05) is 31.8 Å². The third-order valence-electron chi connectivity index (χ3n) is 3.32. The Balaban J connectivity index is 1.98. The first-order valence-electron chi connectivity index (χ1n) is 6.80. The van der Waals surface area contributed by atoms with Gasteiger partial charge in [0.25, 0.3) is 5.69 Å². The highest BCUT2D eigenvalue weighted by Crippen LogP contribution is 2.24. The molecule has 21 heavy (non-hydrogen) atoms. The Kier molecular flexibility index (Phi) is 5.24. The van der Waals surface area contributed by atoms with E-state index in [-0.39, 0.29) is 17.0 Å². The van der Waals surface area contributed by atoms with Crippen molar-refractivity contribution in [2.75, 3.05) is 39.5 Å². The number of hydrogen-bond donors (Lipinski definition) is 0. The number of ether oxygens (including phenoxy) is 2. The van der Waals surface area contributed by atoms with Gasteiger partial charge in [0.05, 0.1) is 23.7 Å². The van der Waals surface area contributed by atoms with Gasteiger partial charge in [0.15, 0.2) is 5.78 Å². The fraction of sp³-hybridized carbons (Fsp3) is 0.500. The molecule has 0 amide bonds. The number of nitrogens with zero attached hydrogens (tertiary/aromatic N) is 2. The summed E-state index contributed by atoms with van der Waals surface area (Å²) in [6, 6.07) is 4.08. The Morgan fingerprint density at radius 3 is 2.76 bits per heavy atom. The lowest BCUT2D eigenvalue weighted by Crippen LogP contribution is -2.38. The Morgan fingerprint density at radius 1 is 1.43 bits per heavy atom. The zero-order chi connectivity index (χ0) is 15.2. The lowest BCUT2D eigenvalue weighted by atomic mass is 10.1. The minimum atomic E-state index is -0.524. The third kappa shape index (κ3) is 4.24. The topological polar surface area (TPSA) is 81.9 Å². The molecule has 1 saturated heterocycles. The average Bonchev–Trinajstić information content (AvgIpc) is 2.48. The lowest BCUT2D eigenvalue weighted by Gasteiger charge is -2.26. The van der Waals surface area contributed by atoms with Crippen molar-refractivity contribution < 1.29 is 19.2 Å². The van der Waals surface area contributed by atoms with E-state index in [2.05, 4.69) is 4.90 Å². The van der Waals surface area contributed by atoms with Gasteiger partial charge in [-0.3, -0.25) is 19.8 Å². The van der Waals surface area contributed by atoms with Crippen molar-refractivity contribution in [2.24, 2.45) is 0 Å². The lowest BCUT2D eigenvalue weighted by molar-refractivity contribution is -0.384.